The third-order valence-electron chi connectivity index (χ3n) is 7.74. The number of fused-ring (bicyclic) bond motifs is 1. The van der Waals surface area contributed by atoms with E-state index in [0.717, 1.165) is 27.5 Å². The average Bonchev–Trinajstić information content (AvgIpc) is 3.02. The first-order chi connectivity index (χ1) is 20.3. The van der Waals surface area contributed by atoms with Gasteiger partial charge in [0.2, 0.25) is 11.8 Å². The first kappa shape index (κ1) is 30.1. The van der Waals surface area contributed by atoms with Gasteiger partial charge in [-0.15, -0.1) is 0 Å². The van der Waals surface area contributed by atoms with Gasteiger partial charge in [0, 0.05) is 39.2 Å². The van der Waals surface area contributed by atoms with Crippen LogP contribution in [0.1, 0.15) is 37.0 Å². The molecule has 0 radical (unpaired) electrons. The number of nitriles is 1. The summed E-state index contributed by atoms with van der Waals surface area (Å²) in [4.78, 5) is 45.1. The Bertz CT molecular complexity index is 1530. The second-order valence-corrected chi connectivity index (χ2v) is 10.4. The van der Waals surface area contributed by atoms with Crippen LogP contribution in [0, 0.1) is 11.3 Å². The second kappa shape index (κ2) is 13.6. The first-order valence-corrected chi connectivity index (χ1v) is 14.1. The van der Waals surface area contributed by atoms with Crippen LogP contribution in [0.2, 0.25) is 0 Å². The van der Waals surface area contributed by atoms with Crippen molar-refractivity contribution in [3.63, 3.8) is 0 Å². The molecule has 3 aromatic rings. The molecule has 1 aliphatic heterocycles. The molecule has 0 saturated carbocycles. The molecule has 1 fully saturated rings. The lowest BCUT2D eigenvalue weighted by Crippen LogP contribution is -2.64. The zero-order valence-electron chi connectivity index (χ0n) is 24.4. The maximum absolute atomic E-state index is 14.3. The number of hydrogen-bond donors (Lipinski definition) is 1. The number of rotatable bonds is 9. The smallest absolute Gasteiger partial charge is 0.322 e. The standard InChI is InChI=1S/C34H37N5O3/c1-5-25-14-16-26(17-15-25)20-30-33(41)38(22-28-12-9-11-27-10-7-8-13-29(27)28)23-31(39(30)32(40)6-2)24(3)21-37(19-18-35)34(42)36-4/h5,7-17,21,30-31H,1,6,19-20,22-23H2,2-4H3,(H,36,42)/b24-21-/t30-,31+/m0/s1. The van der Waals surface area contributed by atoms with E-state index in [4.69, 9.17) is 0 Å². The number of carbonyl (C=O) groups excluding carboxylic acids is 3. The van der Waals surface area contributed by atoms with Gasteiger partial charge in [0.1, 0.15) is 12.6 Å². The fraction of sp³-hybridized carbons (Fsp3) is 0.294. The highest BCUT2D eigenvalue weighted by Gasteiger charge is 2.43. The Labute approximate surface area is 247 Å². The summed E-state index contributed by atoms with van der Waals surface area (Å²) in [6.45, 7) is 7.93. The fourth-order valence-corrected chi connectivity index (χ4v) is 5.53. The van der Waals surface area contributed by atoms with E-state index >= 15 is 0 Å². The summed E-state index contributed by atoms with van der Waals surface area (Å²) in [6, 6.07) is 22.3. The number of nitrogens with zero attached hydrogens (tertiary/aromatic N) is 4. The predicted octanol–water partition coefficient (Wildman–Crippen LogP) is 5.11. The summed E-state index contributed by atoms with van der Waals surface area (Å²) in [5.74, 6) is -0.271. The number of urea groups is 1. The number of nitrogens with one attached hydrogen (secondary N) is 1. The molecule has 1 saturated heterocycles. The number of amides is 4. The van der Waals surface area contributed by atoms with E-state index in [-0.39, 0.29) is 31.3 Å². The van der Waals surface area contributed by atoms with E-state index in [0.29, 0.717) is 18.5 Å². The largest absolute Gasteiger partial charge is 0.341 e. The number of carbonyl (C=O) groups is 3. The quantitative estimate of drug-likeness (QED) is 0.366. The van der Waals surface area contributed by atoms with E-state index < -0.39 is 18.1 Å². The summed E-state index contributed by atoms with van der Waals surface area (Å²) in [6.07, 6.45) is 3.95. The van der Waals surface area contributed by atoms with Crippen LogP contribution in [0.25, 0.3) is 16.8 Å². The third-order valence-corrected chi connectivity index (χ3v) is 7.74. The van der Waals surface area contributed by atoms with Crippen LogP contribution in [0.4, 0.5) is 4.79 Å². The van der Waals surface area contributed by atoms with Gasteiger partial charge in [-0.05, 0) is 40.0 Å². The minimum absolute atomic E-state index is 0.123. The van der Waals surface area contributed by atoms with Gasteiger partial charge < -0.3 is 15.1 Å². The van der Waals surface area contributed by atoms with Crippen LogP contribution >= 0.6 is 0 Å². The van der Waals surface area contributed by atoms with Crippen LogP contribution in [-0.4, -0.2) is 64.8 Å². The number of benzene rings is 3. The Balaban J connectivity index is 1.79. The van der Waals surface area contributed by atoms with Gasteiger partial charge in [-0.3, -0.25) is 14.5 Å². The van der Waals surface area contributed by atoms with Gasteiger partial charge in [-0.1, -0.05) is 86.3 Å². The fourth-order valence-electron chi connectivity index (χ4n) is 5.53. The highest BCUT2D eigenvalue weighted by Crippen LogP contribution is 2.29. The molecule has 1 heterocycles. The van der Waals surface area contributed by atoms with Crippen molar-refractivity contribution in [2.24, 2.45) is 0 Å². The van der Waals surface area contributed by atoms with Crippen LogP contribution in [0.3, 0.4) is 0 Å². The average molecular weight is 564 g/mol. The van der Waals surface area contributed by atoms with Crippen molar-refractivity contribution in [2.45, 2.75) is 45.3 Å². The summed E-state index contributed by atoms with van der Waals surface area (Å²) in [7, 11) is 1.50. The number of hydrogen-bond acceptors (Lipinski definition) is 4. The highest BCUT2D eigenvalue weighted by atomic mass is 16.2. The van der Waals surface area contributed by atoms with Crippen molar-refractivity contribution < 1.29 is 14.4 Å². The molecule has 8 heteroatoms. The van der Waals surface area contributed by atoms with E-state index in [9.17, 15) is 19.6 Å². The molecule has 2 atom stereocenters. The summed E-state index contributed by atoms with van der Waals surface area (Å²) in [5, 5.41) is 14.0. The maximum Gasteiger partial charge on any atom is 0.322 e. The summed E-state index contributed by atoms with van der Waals surface area (Å²) < 4.78 is 0. The van der Waals surface area contributed by atoms with E-state index in [1.165, 1.54) is 11.9 Å². The van der Waals surface area contributed by atoms with Crippen LogP contribution in [0.15, 0.2) is 85.1 Å². The molecule has 0 aromatic heterocycles. The lowest BCUT2D eigenvalue weighted by atomic mass is 9.93. The molecule has 0 bridgehead atoms. The number of piperazine rings is 1. The molecular weight excluding hydrogens is 526 g/mol. The van der Waals surface area contributed by atoms with Gasteiger partial charge >= 0.3 is 6.03 Å². The minimum Gasteiger partial charge on any atom is -0.341 e. The Morgan fingerprint density at radius 1 is 1.12 bits per heavy atom. The Morgan fingerprint density at radius 3 is 2.50 bits per heavy atom. The Hall–Kier alpha value is -4.90. The Kier molecular flexibility index (Phi) is 9.77. The van der Waals surface area contributed by atoms with Gasteiger partial charge in [0.05, 0.1) is 12.1 Å². The van der Waals surface area contributed by atoms with Gasteiger partial charge in [-0.2, -0.15) is 5.26 Å². The van der Waals surface area contributed by atoms with Crippen LogP contribution in [0.5, 0.6) is 0 Å². The molecule has 4 amide bonds. The maximum atomic E-state index is 14.3. The SMILES string of the molecule is C=Cc1ccc(C[C@H]2C(=O)N(Cc3cccc4ccccc34)C[C@H](/C(C)=C\N(CC#N)C(=O)NC)N2C(=O)CC)cc1. The first-order valence-electron chi connectivity index (χ1n) is 14.1. The molecule has 42 heavy (non-hydrogen) atoms. The van der Waals surface area contributed by atoms with Crippen LogP contribution in [-0.2, 0) is 22.6 Å². The van der Waals surface area contributed by atoms with Crippen molar-refractivity contribution in [1.29, 1.82) is 5.26 Å². The topological polar surface area (TPSA) is 96.8 Å². The third kappa shape index (κ3) is 6.52. The molecule has 1 aliphatic rings. The van der Waals surface area contributed by atoms with Gasteiger partial charge in [-0.25, -0.2) is 4.79 Å². The van der Waals surface area contributed by atoms with Gasteiger partial charge in [0.15, 0.2) is 0 Å². The second-order valence-electron chi connectivity index (χ2n) is 10.4. The molecule has 8 nitrogen and oxygen atoms in total. The lowest BCUT2D eigenvalue weighted by molar-refractivity contribution is -0.155. The Morgan fingerprint density at radius 2 is 1.83 bits per heavy atom. The monoisotopic (exact) mass is 563 g/mol. The predicted molar refractivity (Wildman–Crippen MR) is 165 cm³/mol. The van der Waals surface area contributed by atoms with Crippen molar-refractivity contribution in [2.75, 3.05) is 20.1 Å². The van der Waals surface area contributed by atoms with Crippen molar-refractivity contribution in [1.82, 2.24) is 20.0 Å². The van der Waals surface area contributed by atoms with Crippen molar-refractivity contribution in [3.8, 4) is 6.07 Å². The van der Waals surface area contributed by atoms with E-state index in [1.54, 1.807) is 24.1 Å². The van der Waals surface area contributed by atoms with Crippen LogP contribution < -0.4 is 5.32 Å². The zero-order valence-corrected chi connectivity index (χ0v) is 24.4. The van der Waals surface area contributed by atoms with Gasteiger partial charge in [0.25, 0.3) is 0 Å². The lowest BCUT2D eigenvalue weighted by Gasteiger charge is -2.47. The van der Waals surface area contributed by atoms with E-state index in [2.05, 4.69) is 18.0 Å². The molecule has 0 unspecified atom stereocenters. The zero-order chi connectivity index (χ0) is 30.2. The molecule has 4 rings (SSSR count). The molecular formula is C34H37N5O3. The van der Waals surface area contributed by atoms with Crippen molar-refractivity contribution in [3.05, 3.63) is 102 Å². The van der Waals surface area contributed by atoms with Crippen molar-refractivity contribution >= 4 is 34.7 Å². The molecule has 3 aromatic carbocycles. The molecule has 1 N–H and O–H groups in total. The summed E-state index contributed by atoms with van der Waals surface area (Å²) in [5.41, 5.74) is 3.62. The summed E-state index contributed by atoms with van der Waals surface area (Å²) >= 11 is 0. The van der Waals surface area contributed by atoms with E-state index in [1.807, 2.05) is 78.6 Å². The highest BCUT2D eigenvalue weighted by molar-refractivity contribution is 5.91. The molecule has 0 aliphatic carbocycles. The molecule has 216 valence electrons. The molecule has 0 spiro atoms. The normalized spacial score (nSPS) is 17.1. The minimum atomic E-state index is -0.742.